The molecule has 0 aliphatic carbocycles. The van der Waals surface area contributed by atoms with Crippen LogP contribution in [0.4, 0.5) is 4.39 Å². The molecule has 0 radical (unpaired) electrons. The van der Waals surface area contributed by atoms with Crippen molar-refractivity contribution < 1.29 is 9.18 Å². The molecule has 0 spiro atoms. The molecule has 0 aromatic rings. The first-order chi connectivity index (χ1) is 3.68. The van der Waals surface area contributed by atoms with Crippen LogP contribution in [-0.4, -0.2) is 21.2 Å². The largest absolute Gasteiger partial charge is 0.367 e. The first-order valence-corrected chi connectivity index (χ1v) is 4.43. The molecule has 2 nitrogen and oxygen atoms in total. The number of rotatable bonds is 3. The highest BCUT2D eigenvalue weighted by Crippen LogP contribution is 1.88. The summed E-state index contributed by atoms with van der Waals surface area (Å²) in [6.07, 6.45) is 0. The number of carbonyl (C=O) groups is 1. The predicted molar refractivity (Wildman–Crippen MR) is 33.1 cm³/mol. The molecule has 0 aromatic carbocycles. The van der Waals surface area contributed by atoms with Crippen LogP contribution in [0, 0.1) is 0 Å². The van der Waals surface area contributed by atoms with Gasteiger partial charge in [0.05, 0.1) is 9.52 Å². The highest BCUT2D eigenvalue weighted by atomic mass is 28.2. The zero-order valence-electron chi connectivity index (χ0n) is 4.86. The summed E-state index contributed by atoms with van der Waals surface area (Å²) in [5.41, 5.74) is 4.64. The minimum atomic E-state index is -1.31. The van der Waals surface area contributed by atoms with E-state index in [0.717, 1.165) is 6.04 Å². The number of amides is 1. The van der Waals surface area contributed by atoms with Gasteiger partial charge in [0, 0.05) is 0 Å². The van der Waals surface area contributed by atoms with Crippen molar-refractivity contribution in [2.24, 2.45) is 5.73 Å². The van der Waals surface area contributed by atoms with Crippen molar-refractivity contribution in [2.75, 3.05) is 0 Å². The molecule has 0 aliphatic heterocycles. The lowest BCUT2D eigenvalue weighted by Gasteiger charge is -1.96. The van der Waals surface area contributed by atoms with Gasteiger partial charge >= 0.3 is 0 Å². The number of hydrogen-bond acceptors (Lipinski definition) is 1. The summed E-state index contributed by atoms with van der Waals surface area (Å²) in [5, 5.41) is 0. The minimum Gasteiger partial charge on any atom is -0.367 e. The van der Waals surface area contributed by atoms with Gasteiger partial charge in [0.15, 0.2) is 5.79 Å². The summed E-state index contributed by atoms with van der Waals surface area (Å²) in [5.74, 6) is -2.10. The summed E-state index contributed by atoms with van der Waals surface area (Å²) in [6.45, 7) is 1.86. The molecular formula is C4H10FNOSi. The van der Waals surface area contributed by atoms with Gasteiger partial charge in [0.1, 0.15) is 0 Å². The molecule has 8 heavy (non-hydrogen) atoms. The van der Waals surface area contributed by atoms with Crippen molar-refractivity contribution in [3.05, 3.63) is 0 Å². The van der Waals surface area contributed by atoms with E-state index in [1.807, 2.05) is 6.92 Å². The first kappa shape index (κ1) is 7.62. The maximum atomic E-state index is 12.1. The van der Waals surface area contributed by atoms with Crippen LogP contribution in [-0.2, 0) is 4.79 Å². The van der Waals surface area contributed by atoms with Gasteiger partial charge in [-0.15, -0.1) is 0 Å². The number of halogens is 1. The van der Waals surface area contributed by atoms with Crippen molar-refractivity contribution in [1.82, 2.24) is 0 Å². The third kappa shape index (κ3) is 2.73. The fraction of sp³-hybridized carbons (Fsp3) is 0.750. The molecule has 0 heterocycles. The standard InChI is InChI=1S/C4H10FNOSi/c1-2-8-3(5)4(6)7/h3H,2,8H2,1H3,(H2,6,7). The molecule has 0 aliphatic rings. The maximum Gasteiger partial charge on any atom is 0.247 e. The van der Waals surface area contributed by atoms with Gasteiger partial charge in [-0.2, -0.15) is 0 Å². The average Bonchev–Trinajstić information content (AvgIpc) is 1.67. The normalized spacial score (nSPS) is 14.8. The van der Waals surface area contributed by atoms with Crippen LogP contribution >= 0.6 is 0 Å². The van der Waals surface area contributed by atoms with Gasteiger partial charge in [0.2, 0.25) is 5.91 Å². The van der Waals surface area contributed by atoms with Crippen LogP contribution in [0.25, 0.3) is 0 Å². The third-order valence-electron chi connectivity index (χ3n) is 0.851. The Kier molecular flexibility index (Phi) is 3.43. The zero-order valence-corrected chi connectivity index (χ0v) is 6.27. The molecule has 0 rings (SSSR count). The summed E-state index contributed by atoms with van der Waals surface area (Å²) in [7, 11) is -0.843. The molecule has 2 N–H and O–H groups in total. The molecule has 4 heteroatoms. The second-order valence-electron chi connectivity index (χ2n) is 1.66. The van der Waals surface area contributed by atoms with E-state index in [1.165, 1.54) is 0 Å². The summed E-state index contributed by atoms with van der Waals surface area (Å²) < 4.78 is 12.1. The Labute approximate surface area is 50.1 Å². The van der Waals surface area contributed by atoms with E-state index in [-0.39, 0.29) is 0 Å². The third-order valence-corrected chi connectivity index (χ3v) is 2.34. The fourth-order valence-corrected chi connectivity index (χ4v) is 1.19. The topological polar surface area (TPSA) is 43.1 Å². The van der Waals surface area contributed by atoms with Gasteiger partial charge in [-0.1, -0.05) is 13.0 Å². The van der Waals surface area contributed by atoms with Gasteiger partial charge < -0.3 is 5.73 Å². The molecular weight excluding hydrogens is 125 g/mol. The quantitative estimate of drug-likeness (QED) is 0.515. The van der Waals surface area contributed by atoms with Crippen molar-refractivity contribution in [1.29, 1.82) is 0 Å². The van der Waals surface area contributed by atoms with E-state index in [9.17, 15) is 9.18 Å². The summed E-state index contributed by atoms with van der Waals surface area (Å²) >= 11 is 0. The number of hydrogen-bond donors (Lipinski definition) is 1. The number of nitrogens with two attached hydrogens (primary N) is 1. The van der Waals surface area contributed by atoms with Crippen molar-refractivity contribution in [2.45, 2.75) is 18.8 Å². The smallest absolute Gasteiger partial charge is 0.247 e. The number of carbonyl (C=O) groups excluding carboxylic acids is 1. The van der Waals surface area contributed by atoms with Crippen LogP contribution in [0.1, 0.15) is 6.92 Å². The first-order valence-electron chi connectivity index (χ1n) is 2.62. The Morgan fingerprint density at radius 3 is 2.62 bits per heavy atom. The Morgan fingerprint density at radius 2 is 2.50 bits per heavy atom. The molecule has 0 aromatic heterocycles. The van der Waals surface area contributed by atoms with E-state index in [1.54, 1.807) is 0 Å². The summed E-state index contributed by atoms with van der Waals surface area (Å²) in [4.78, 5) is 9.97. The Morgan fingerprint density at radius 1 is 2.00 bits per heavy atom. The fourth-order valence-electron chi connectivity index (χ4n) is 0.396. The van der Waals surface area contributed by atoms with Crippen molar-refractivity contribution >= 4 is 15.4 Å². The molecule has 0 fully saturated rings. The summed E-state index contributed by atoms with van der Waals surface area (Å²) in [6, 6.07) is 0.796. The van der Waals surface area contributed by atoms with Gasteiger partial charge in [-0.05, 0) is 0 Å². The Hall–Kier alpha value is -0.383. The minimum absolute atomic E-state index is 0.793. The second kappa shape index (κ2) is 3.60. The SMILES string of the molecule is CC[SiH2]C(F)C(N)=O. The van der Waals surface area contributed by atoms with Crippen LogP contribution in [0.15, 0.2) is 0 Å². The van der Waals surface area contributed by atoms with Gasteiger partial charge in [-0.3, -0.25) is 4.79 Å². The lowest BCUT2D eigenvalue weighted by molar-refractivity contribution is -0.120. The van der Waals surface area contributed by atoms with Gasteiger partial charge in [0.25, 0.3) is 0 Å². The molecule has 0 saturated carbocycles. The highest BCUT2D eigenvalue weighted by molar-refractivity contribution is 6.43. The van der Waals surface area contributed by atoms with E-state index < -0.39 is 21.2 Å². The van der Waals surface area contributed by atoms with E-state index in [0.29, 0.717) is 0 Å². The molecule has 0 bridgehead atoms. The molecule has 1 amide bonds. The maximum absolute atomic E-state index is 12.1. The van der Waals surface area contributed by atoms with E-state index in [2.05, 4.69) is 5.73 Å². The Balaban J connectivity index is 3.32. The lowest BCUT2D eigenvalue weighted by Crippen LogP contribution is -2.29. The predicted octanol–water partition coefficient (Wildman–Crippen LogP) is -0.626. The highest BCUT2D eigenvalue weighted by Gasteiger charge is 2.10. The molecule has 0 saturated heterocycles. The molecule has 1 atom stereocenters. The second-order valence-corrected chi connectivity index (χ2v) is 3.95. The van der Waals surface area contributed by atoms with Crippen LogP contribution < -0.4 is 5.73 Å². The van der Waals surface area contributed by atoms with Gasteiger partial charge in [-0.25, -0.2) is 4.39 Å². The van der Waals surface area contributed by atoms with E-state index >= 15 is 0 Å². The molecule has 1 unspecified atom stereocenters. The average molecular weight is 135 g/mol. The van der Waals surface area contributed by atoms with Crippen LogP contribution in [0.5, 0.6) is 0 Å². The monoisotopic (exact) mass is 135 g/mol. The number of alkyl halides is 1. The van der Waals surface area contributed by atoms with Crippen LogP contribution in [0.2, 0.25) is 6.04 Å². The van der Waals surface area contributed by atoms with Crippen LogP contribution in [0.3, 0.4) is 0 Å². The zero-order chi connectivity index (χ0) is 6.57. The van der Waals surface area contributed by atoms with Crippen molar-refractivity contribution in [3.63, 3.8) is 0 Å². The number of primary amides is 1. The molecule has 48 valence electrons. The van der Waals surface area contributed by atoms with Crippen molar-refractivity contribution in [3.8, 4) is 0 Å². The van der Waals surface area contributed by atoms with E-state index in [4.69, 9.17) is 0 Å². The lowest BCUT2D eigenvalue weighted by atomic mass is 10.7. The Bertz CT molecular complexity index is 88.1.